The van der Waals surface area contributed by atoms with E-state index in [0.29, 0.717) is 44.8 Å². The lowest BCUT2D eigenvalue weighted by molar-refractivity contribution is -0.134. The van der Waals surface area contributed by atoms with Crippen LogP contribution >= 0.6 is 0 Å². The normalized spacial score (nSPS) is 22.6. The van der Waals surface area contributed by atoms with Crippen LogP contribution in [-0.4, -0.2) is 68.3 Å². The summed E-state index contributed by atoms with van der Waals surface area (Å²) in [4.78, 5) is 39.4. The molecule has 178 valence electrons. The number of carbonyl (C=O) groups excluding carboxylic acids is 3. The molecule has 1 atom stereocenters. The lowest BCUT2D eigenvalue weighted by Gasteiger charge is -2.26. The minimum atomic E-state index is -3.64. The van der Waals surface area contributed by atoms with Gasteiger partial charge in [0.1, 0.15) is 12.1 Å². The molecular weight excluding hydrogens is 460 g/mol. The fourth-order valence-corrected chi connectivity index (χ4v) is 6.13. The highest BCUT2D eigenvalue weighted by atomic mass is 32.2. The summed E-state index contributed by atoms with van der Waals surface area (Å²) in [6.45, 7) is 0.839. The number of benzene rings is 2. The van der Waals surface area contributed by atoms with Crippen LogP contribution in [-0.2, 0) is 36.3 Å². The number of sulfonamides is 1. The average molecular weight is 485 g/mol. The minimum Gasteiger partial charge on any atom is -0.379 e. The zero-order chi connectivity index (χ0) is 23.9. The average Bonchev–Trinajstić information content (AvgIpc) is 3.33. The number of fused-ring (bicyclic) bond motifs is 2. The molecular formula is C23H24N4O6S. The van der Waals surface area contributed by atoms with Crippen molar-refractivity contribution in [1.29, 1.82) is 0 Å². The van der Waals surface area contributed by atoms with Gasteiger partial charge in [-0.2, -0.15) is 4.31 Å². The number of imide groups is 1. The maximum absolute atomic E-state index is 13.2. The highest BCUT2D eigenvalue weighted by molar-refractivity contribution is 7.89. The van der Waals surface area contributed by atoms with Crippen molar-refractivity contribution >= 4 is 33.6 Å². The van der Waals surface area contributed by atoms with E-state index in [1.165, 1.54) is 28.6 Å². The molecule has 1 spiro atoms. The molecule has 2 aromatic carbocycles. The van der Waals surface area contributed by atoms with E-state index >= 15 is 0 Å². The predicted molar refractivity (Wildman–Crippen MR) is 121 cm³/mol. The SMILES string of the molecule is O=C(CN1C(=O)N[C@@]2(CCc3ccccc32)C1=O)Nc1ccc(S(=O)(=O)N2CCOCC2)cc1. The number of rotatable bonds is 5. The first-order chi connectivity index (χ1) is 16.3. The molecule has 11 heteroatoms. The van der Waals surface area contributed by atoms with Crippen LogP contribution < -0.4 is 10.6 Å². The summed E-state index contributed by atoms with van der Waals surface area (Å²) in [7, 11) is -3.64. The smallest absolute Gasteiger partial charge is 0.325 e. The van der Waals surface area contributed by atoms with Crippen molar-refractivity contribution in [2.75, 3.05) is 38.2 Å². The van der Waals surface area contributed by atoms with Gasteiger partial charge >= 0.3 is 6.03 Å². The second-order valence-corrected chi connectivity index (χ2v) is 10.4. The first-order valence-electron chi connectivity index (χ1n) is 11.0. The van der Waals surface area contributed by atoms with Gasteiger partial charge in [-0.05, 0) is 48.2 Å². The fourth-order valence-electron chi connectivity index (χ4n) is 4.72. The first-order valence-corrected chi connectivity index (χ1v) is 12.5. The number of anilines is 1. The van der Waals surface area contributed by atoms with Crippen molar-refractivity contribution in [1.82, 2.24) is 14.5 Å². The number of morpholine rings is 1. The number of urea groups is 1. The second kappa shape index (κ2) is 8.49. The van der Waals surface area contributed by atoms with E-state index in [9.17, 15) is 22.8 Å². The Balaban J connectivity index is 1.25. The van der Waals surface area contributed by atoms with Crippen LogP contribution in [0.5, 0.6) is 0 Å². The summed E-state index contributed by atoms with van der Waals surface area (Å²) in [6, 6.07) is 12.7. The van der Waals surface area contributed by atoms with Crippen molar-refractivity contribution in [3.8, 4) is 0 Å². The molecule has 2 fully saturated rings. The monoisotopic (exact) mass is 484 g/mol. The molecule has 10 nitrogen and oxygen atoms in total. The number of aryl methyl sites for hydroxylation is 1. The third kappa shape index (κ3) is 3.75. The molecule has 2 heterocycles. The van der Waals surface area contributed by atoms with Gasteiger partial charge in [0.2, 0.25) is 15.9 Å². The number of hydrogen-bond donors (Lipinski definition) is 2. The summed E-state index contributed by atoms with van der Waals surface area (Å²) >= 11 is 0. The molecule has 1 aliphatic carbocycles. The van der Waals surface area contributed by atoms with Gasteiger partial charge in [0.25, 0.3) is 5.91 Å². The Bertz CT molecular complexity index is 1260. The van der Waals surface area contributed by atoms with Gasteiger partial charge < -0.3 is 15.4 Å². The van der Waals surface area contributed by atoms with Gasteiger partial charge in [0.15, 0.2) is 0 Å². The van der Waals surface area contributed by atoms with Crippen LogP contribution in [0.2, 0.25) is 0 Å². The highest BCUT2D eigenvalue weighted by Crippen LogP contribution is 2.41. The summed E-state index contributed by atoms with van der Waals surface area (Å²) in [6.07, 6.45) is 1.12. The van der Waals surface area contributed by atoms with E-state index in [4.69, 9.17) is 4.74 Å². The van der Waals surface area contributed by atoms with Crippen LogP contribution in [0.3, 0.4) is 0 Å². The van der Waals surface area contributed by atoms with Crippen molar-refractivity contribution in [2.45, 2.75) is 23.3 Å². The zero-order valence-electron chi connectivity index (χ0n) is 18.3. The topological polar surface area (TPSA) is 125 Å². The maximum atomic E-state index is 13.2. The molecule has 0 bridgehead atoms. The Morgan fingerprint density at radius 3 is 2.50 bits per heavy atom. The molecule has 2 aromatic rings. The molecule has 4 amide bonds. The molecule has 0 aromatic heterocycles. The van der Waals surface area contributed by atoms with Crippen LogP contribution in [0.15, 0.2) is 53.4 Å². The van der Waals surface area contributed by atoms with Crippen molar-refractivity contribution in [2.24, 2.45) is 0 Å². The van der Waals surface area contributed by atoms with E-state index in [1.54, 1.807) is 0 Å². The fraction of sp³-hybridized carbons (Fsp3) is 0.348. The summed E-state index contributed by atoms with van der Waals surface area (Å²) in [5.74, 6) is -1.000. The number of ether oxygens (including phenoxy) is 1. The van der Waals surface area contributed by atoms with Gasteiger partial charge in [0, 0.05) is 18.8 Å². The Morgan fingerprint density at radius 1 is 1.06 bits per heavy atom. The third-order valence-electron chi connectivity index (χ3n) is 6.47. The Kier molecular flexibility index (Phi) is 5.62. The molecule has 0 saturated carbocycles. The summed E-state index contributed by atoms with van der Waals surface area (Å²) in [5.41, 5.74) is 1.02. The molecule has 2 saturated heterocycles. The Labute approximate surface area is 196 Å². The largest absolute Gasteiger partial charge is 0.379 e. The zero-order valence-corrected chi connectivity index (χ0v) is 19.1. The molecule has 2 aliphatic heterocycles. The highest BCUT2D eigenvalue weighted by Gasteiger charge is 2.55. The van der Waals surface area contributed by atoms with E-state index in [2.05, 4.69) is 10.6 Å². The van der Waals surface area contributed by atoms with Crippen molar-refractivity contribution < 1.29 is 27.5 Å². The quantitative estimate of drug-likeness (QED) is 0.611. The Morgan fingerprint density at radius 2 is 1.76 bits per heavy atom. The third-order valence-corrected chi connectivity index (χ3v) is 8.38. The molecule has 0 radical (unpaired) electrons. The lowest BCUT2D eigenvalue weighted by Crippen LogP contribution is -2.43. The molecule has 0 unspecified atom stereocenters. The van der Waals surface area contributed by atoms with Crippen LogP contribution in [0.25, 0.3) is 0 Å². The molecule has 34 heavy (non-hydrogen) atoms. The molecule has 5 rings (SSSR count). The van der Waals surface area contributed by atoms with Crippen LogP contribution in [0, 0.1) is 0 Å². The van der Waals surface area contributed by atoms with E-state index in [0.717, 1.165) is 16.0 Å². The van der Waals surface area contributed by atoms with Gasteiger partial charge in [-0.15, -0.1) is 0 Å². The first kappa shape index (κ1) is 22.5. The summed E-state index contributed by atoms with van der Waals surface area (Å²) < 4.78 is 32.0. The number of nitrogens with zero attached hydrogens (tertiary/aromatic N) is 2. The van der Waals surface area contributed by atoms with E-state index in [-0.39, 0.29) is 4.90 Å². The van der Waals surface area contributed by atoms with Gasteiger partial charge in [-0.25, -0.2) is 13.2 Å². The van der Waals surface area contributed by atoms with E-state index in [1.807, 2.05) is 24.3 Å². The van der Waals surface area contributed by atoms with Crippen LogP contribution in [0.1, 0.15) is 17.5 Å². The summed E-state index contributed by atoms with van der Waals surface area (Å²) in [5, 5.41) is 5.41. The van der Waals surface area contributed by atoms with E-state index < -0.39 is 40.0 Å². The van der Waals surface area contributed by atoms with Crippen molar-refractivity contribution in [3.63, 3.8) is 0 Å². The van der Waals surface area contributed by atoms with Gasteiger partial charge in [-0.1, -0.05) is 24.3 Å². The maximum Gasteiger partial charge on any atom is 0.325 e. The number of hydrogen-bond acceptors (Lipinski definition) is 6. The Hall–Kier alpha value is -3.28. The minimum absolute atomic E-state index is 0.114. The number of amides is 4. The number of carbonyl (C=O) groups is 3. The lowest BCUT2D eigenvalue weighted by atomic mass is 9.92. The van der Waals surface area contributed by atoms with Crippen molar-refractivity contribution in [3.05, 3.63) is 59.7 Å². The second-order valence-electron chi connectivity index (χ2n) is 8.47. The van der Waals surface area contributed by atoms with Gasteiger partial charge in [0.05, 0.1) is 18.1 Å². The standard InChI is InChI=1S/C23H24N4O6S/c28-20(24-17-5-7-18(8-6-17)34(31,32)26-11-13-33-14-12-26)15-27-21(29)23(25-22(27)30)10-9-16-3-1-2-4-19(16)23/h1-8H,9-15H2,(H,24,28)(H,25,30)/t23-/m1/s1. The van der Waals surface area contributed by atoms with Gasteiger partial charge in [-0.3, -0.25) is 14.5 Å². The molecule has 2 N–H and O–H groups in total. The molecule has 3 aliphatic rings. The predicted octanol–water partition coefficient (Wildman–Crippen LogP) is 1.04. The number of nitrogens with one attached hydrogen (secondary N) is 2. The van der Waals surface area contributed by atoms with Crippen LogP contribution in [0.4, 0.5) is 10.5 Å².